The molecule has 0 amide bonds. The van der Waals surface area contributed by atoms with Gasteiger partial charge in [0, 0.05) is 26.9 Å². The van der Waals surface area contributed by atoms with Crippen LogP contribution in [-0.4, -0.2) is 5.78 Å². The number of carbonyl (C=O) groups excluding carboxylic acids is 1. The fourth-order valence-corrected chi connectivity index (χ4v) is 3.07. The van der Waals surface area contributed by atoms with Crippen molar-refractivity contribution in [3.63, 3.8) is 0 Å². The summed E-state index contributed by atoms with van der Waals surface area (Å²) in [5.41, 5.74) is 3.59. The van der Waals surface area contributed by atoms with Crippen molar-refractivity contribution >= 4 is 28.2 Å². The zero-order valence-corrected chi connectivity index (χ0v) is 10.7. The predicted octanol–water partition coefficient (Wildman–Crippen LogP) is 4.70. The molecule has 0 aromatic heterocycles. The van der Waals surface area contributed by atoms with Gasteiger partial charge in [0.25, 0.3) is 0 Å². The summed E-state index contributed by atoms with van der Waals surface area (Å²) in [6.45, 7) is 0. The molecular weight excluding hydrogens is 256 g/mol. The lowest BCUT2D eigenvalue weighted by molar-refractivity contribution is 0.104. The molecule has 1 aliphatic rings. The number of fused-ring (bicyclic) bond motifs is 2. The number of hydrogen-bond donors (Lipinski definition) is 0. The van der Waals surface area contributed by atoms with Gasteiger partial charge in [-0.15, -0.1) is 0 Å². The maximum Gasteiger partial charge on any atom is 0.194 e. The summed E-state index contributed by atoms with van der Waals surface area (Å²) in [6, 6.07) is 17.4. The molecule has 0 atom stereocenters. The van der Waals surface area contributed by atoms with Crippen LogP contribution >= 0.6 is 11.6 Å². The van der Waals surface area contributed by atoms with Crippen LogP contribution in [0.25, 0.3) is 21.9 Å². The van der Waals surface area contributed by atoms with Gasteiger partial charge >= 0.3 is 0 Å². The second-order valence-electron chi connectivity index (χ2n) is 4.70. The summed E-state index contributed by atoms with van der Waals surface area (Å²) in [7, 11) is 0. The first-order chi connectivity index (χ1) is 9.27. The lowest BCUT2D eigenvalue weighted by Crippen LogP contribution is -2.09. The molecule has 4 rings (SSSR count). The summed E-state index contributed by atoms with van der Waals surface area (Å²) in [5, 5.41) is 2.60. The van der Waals surface area contributed by atoms with Crippen molar-refractivity contribution in [1.29, 1.82) is 0 Å². The van der Waals surface area contributed by atoms with Gasteiger partial charge in [-0.05, 0) is 17.2 Å². The highest BCUT2D eigenvalue weighted by atomic mass is 35.5. The third kappa shape index (κ3) is 1.33. The number of carbonyl (C=O) groups is 1. The van der Waals surface area contributed by atoms with E-state index in [9.17, 15) is 4.79 Å². The van der Waals surface area contributed by atoms with E-state index in [2.05, 4.69) is 0 Å². The Balaban J connectivity index is 2.28. The first-order valence-corrected chi connectivity index (χ1v) is 6.50. The van der Waals surface area contributed by atoms with Crippen LogP contribution in [0.5, 0.6) is 0 Å². The average molecular weight is 265 g/mol. The number of rotatable bonds is 0. The van der Waals surface area contributed by atoms with Crippen molar-refractivity contribution in [2.75, 3.05) is 0 Å². The number of benzene rings is 3. The SMILES string of the molecule is O=C1c2ccccc2-c2ccc(Cl)c3cccc1c23. The van der Waals surface area contributed by atoms with Crippen molar-refractivity contribution in [2.45, 2.75) is 0 Å². The molecule has 0 fully saturated rings. The molecule has 1 nitrogen and oxygen atoms in total. The molecule has 2 heteroatoms. The summed E-state index contributed by atoms with van der Waals surface area (Å²) in [4.78, 5) is 12.6. The van der Waals surface area contributed by atoms with Crippen molar-refractivity contribution in [3.05, 3.63) is 70.7 Å². The molecule has 0 bridgehead atoms. The maximum atomic E-state index is 12.6. The van der Waals surface area contributed by atoms with Gasteiger partial charge in [-0.25, -0.2) is 0 Å². The molecule has 90 valence electrons. The monoisotopic (exact) mass is 264 g/mol. The Labute approximate surface area is 115 Å². The fourth-order valence-electron chi connectivity index (χ4n) is 2.85. The van der Waals surface area contributed by atoms with Crippen LogP contribution in [-0.2, 0) is 0 Å². The Morgan fingerprint density at radius 3 is 2.26 bits per heavy atom. The second kappa shape index (κ2) is 3.69. The van der Waals surface area contributed by atoms with E-state index in [1.165, 1.54) is 0 Å². The Bertz CT molecular complexity index is 849. The molecule has 0 aliphatic heterocycles. The number of hydrogen-bond acceptors (Lipinski definition) is 1. The topological polar surface area (TPSA) is 17.1 Å². The highest BCUT2D eigenvalue weighted by Crippen LogP contribution is 2.41. The minimum atomic E-state index is 0.0796. The molecule has 0 unspecified atom stereocenters. The lowest BCUT2D eigenvalue weighted by Gasteiger charge is -2.20. The number of ketones is 1. The quantitative estimate of drug-likeness (QED) is 0.450. The molecular formula is C17H9ClO. The van der Waals surface area contributed by atoms with Gasteiger partial charge in [-0.3, -0.25) is 4.79 Å². The molecule has 3 aromatic rings. The molecule has 19 heavy (non-hydrogen) atoms. The molecule has 3 aromatic carbocycles. The van der Waals surface area contributed by atoms with Crippen LogP contribution in [0, 0.1) is 0 Å². The van der Waals surface area contributed by atoms with Gasteiger partial charge in [-0.1, -0.05) is 60.1 Å². The third-order valence-corrected chi connectivity index (χ3v) is 4.02. The van der Waals surface area contributed by atoms with Crippen molar-refractivity contribution in [2.24, 2.45) is 0 Å². The first-order valence-electron chi connectivity index (χ1n) is 6.13. The van der Waals surface area contributed by atoms with E-state index >= 15 is 0 Å². The summed E-state index contributed by atoms with van der Waals surface area (Å²) < 4.78 is 0. The van der Waals surface area contributed by atoms with Crippen molar-refractivity contribution in [3.8, 4) is 11.1 Å². The Kier molecular flexibility index (Phi) is 2.09. The van der Waals surface area contributed by atoms with Gasteiger partial charge in [-0.2, -0.15) is 0 Å². The van der Waals surface area contributed by atoms with Crippen LogP contribution in [0.4, 0.5) is 0 Å². The third-order valence-electron chi connectivity index (χ3n) is 3.69. The summed E-state index contributed by atoms with van der Waals surface area (Å²) >= 11 is 6.25. The standard InChI is InChI=1S/C17H9ClO/c18-15-9-8-11-10-4-1-2-5-12(10)17(19)14-7-3-6-13(15)16(11)14/h1-9H. The molecule has 1 aliphatic carbocycles. The zero-order chi connectivity index (χ0) is 13.0. The normalized spacial score (nSPS) is 12.6. The molecule has 0 saturated carbocycles. The minimum absolute atomic E-state index is 0.0796. The van der Waals surface area contributed by atoms with Gasteiger partial charge in [0.15, 0.2) is 5.78 Å². The van der Waals surface area contributed by atoms with Crippen LogP contribution < -0.4 is 0 Å². The van der Waals surface area contributed by atoms with Gasteiger partial charge in [0.2, 0.25) is 0 Å². The maximum absolute atomic E-state index is 12.6. The Morgan fingerprint density at radius 1 is 0.684 bits per heavy atom. The van der Waals surface area contributed by atoms with Gasteiger partial charge in [0.05, 0.1) is 0 Å². The Hall–Kier alpha value is -2.12. The van der Waals surface area contributed by atoms with Crippen LogP contribution in [0.2, 0.25) is 5.02 Å². The minimum Gasteiger partial charge on any atom is -0.289 e. The van der Waals surface area contributed by atoms with E-state index in [4.69, 9.17) is 11.6 Å². The lowest BCUT2D eigenvalue weighted by atomic mass is 9.83. The van der Waals surface area contributed by atoms with Crippen molar-refractivity contribution < 1.29 is 4.79 Å². The second-order valence-corrected chi connectivity index (χ2v) is 5.10. The van der Waals surface area contributed by atoms with E-state index < -0.39 is 0 Å². The Morgan fingerprint density at radius 2 is 1.42 bits per heavy atom. The highest BCUT2D eigenvalue weighted by Gasteiger charge is 2.24. The smallest absolute Gasteiger partial charge is 0.194 e. The molecule has 0 heterocycles. The molecule has 0 saturated heterocycles. The van der Waals surface area contributed by atoms with E-state index in [1.807, 2.05) is 54.6 Å². The van der Waals surface area contributed by atoms with Crippen molar-refractivity contribution in [1.82, 2.24) is 0 Å². The molecule has 0 spiro atoms. The van der Waals surface area contributed by atoms with E-state index in [0.717, 1.165) is 33.0 Å². The van der Waals surface area contributed by atoms with Gasteiger partial charge < -0.3 is 0 Å². The summed E-state index contributed by atoms with van der Waals surface area (Å²) in [5.74, 6) is 0.0796. The van der Waals surface area contributed by atoms with E-state index in [1.54, 1.807) is 0 Å². The number of halogens is 1. The largest absolute Gasteiger partial charge is 0.289 e. The molecule has 0 radical (unpaired) electrons. The van der Waals surface area contributed by atoms with E-state index in [-0.39, 0.29) is 5.78 Å². The molecule has 0 N–H and O–H groups in total. The van der Waals surface area contributed by atoms with Gasteiger partial charge in [0.1, 0.15) is 0 Å². The summed E-state index contributed by atoms with van der Waals surface area (Å²) in [6.07, 6.45) is 0. The van der Waals surface area contributed by atoms with Crippen LogP contribution in [0.3, 0.4) is 0 Å². The highest BCUT2D eigenvalue weighted by molar-refractivity contribution is 6.38. The predicted molar refractivity (Wildman–Crippen MR) is 77.8 cm³/mol. The average Bonchev–Trinajstić information content (AvgIpc) is 2.46. The van der Waals surface area contributed by atoms with Crippen LogP contribution in [0.1, 0.15) is 15.9 Å². The zero-order valence-electron chi connectivity index (χ0n) is 9.98. The van der Waals surface area contributed by atoms with Crippen LogP contribution in [0.15, 0.2) is 54.6 Å². The van der Waals surface area contributed by atoms with E-state index in [0.29, 0.717) is 5.02 Å². The fraction of sp³-hybridized carbons (Fsp3) is 0. The first kappa shape index (κ1) is 10.8.